The smallest absolute Gasteiger partial charge is 0.320 e. The molecule has 0 unspecified atom stereocenters. The number of aromatic nitrogens is 4. The van der Waals surface area contributed by atoms with Crippen LogP contribution >= 0.6 is 0 Å². The molecule has 2 fully saturated rings. The first-order valence-corrected chi connectivity index (χ1v) is 11.4. The summed E-state index contributed by atoms with van der Waals surface area (Å²) in [7, 11) is 1.41. The van der Waals surface area contributed by atoms with Gasteiger partial charge >= 0.3 is 17.8 Å². The molecule has 0 aliphatic carbocycles. The fourth-order valence-corrected chi connectivity index (χ4v) is 4.92. The highest BCUT2D eigenvalue weighted by molar-refractivity contribution is 6.40. The summed E-state index contributed by atoms with van der Waals surface area (Å²) in [5.41, 5.74) is 1.45. The highest BCUT2D eigenvalue weighted by atomic mass is 16.2. The monoisotopic (exact) mass is 452 g/mol. The summed E-state index contributed by atoms with van der Waals surface area (Å²) in [6, 6.07) is 1.94. The van der Waals surface area contributed by atoms with Crippen LogP contribution in [0.3, 0.4) is 0 Å². The van der Waals surface area contributed by atoms with Gasteiger partial charge in [-0.25, -0.2) is 14.8 Å². The number of urea groups is 1. The van der Waals surface area contributed by atoms with Gasteiger partial charge in [-0.15, -0.1) is 0 Å². The molecule has 0 aromatic carbocycles. The number of aromatic amines is 1. The number of carbonyl (C=O) groups excluding carboxylic acids is 3. The number of rotatable bonds is 2. The highest BCUT2D eigenvalue weighted by Crippen LogP contribution is 2.36. The average Bonchev–Trinajstić information content (AvgIpc) is 3.58. The summed E-state index contributed by atoms with van der Waals surface area (Å²) in [6.07, 6.45) is 6.32. The minimum Gasteiger partial charge on any atom is -0.351 e. The molecule has 11 nitrogen and oxygen atoms in total. The molecule has 11 heteroatoms. The summed E-state index contributed by atoms with van der Waals surface area (Å²) in [5.74, 6) is -0.824. The zero-order chi connectivity index (χ0) is 23.1. The quantitative estimate of drug-likeness (QED) is 0.510. The number of likely N-dealkylation sites (tertiary alicyclic amines) is 2. The van der Waals surface area contributed by atoms with Gasteiger partial charge in [0.25, 0.3) is 0 Å². The van der Waals surface area contributed by atoms with Crippen LogP contribution in [0.15, 0.2) is 18.5 Å². The van der Waals surface area contributed by atoms with Crippen LogP contribution in [-0.4, -0.2) is 80.6 Å². The SMILES string of the molecule is CNC(=O)C(=O)Nc1[nH]n([C@@H]2CN(C(=O)N3CCCC3)CC[C@@H]2C)c2c1cnc1nccc12. The Labute approximate surface area is 190 Å². The number of hydrogen-bond donors (Lipinski definition) is 3. The third-order valence-electron chi connectivity index (χ3n) is 6.82. The Balaban J connectivity index is 1.55. The lowest BCUT2D eigenvalue weighted by Gasteiger charge is -2.39. The molecule has 0 saturated carbocycles. The van der Waals surface area contributed by atoms with Gasteiger partial charge in [0.15, 0.2) is 5.65 Å². The zero-order valence-electron chi connectivity index (χ0n) is 18.8. The van der Waals surface area contributed by atoms with E-state index in [1.165, 1.54) is 7.05 Å². The van der Waals surface area contributed by atoms with Gasteiger partial charge in [-0.1, -0.05) is 6.92 Å². The van der Waals surface area contributed by atoms with Crippen molar-refractivity contribution in [2.45, 2.75) is 32.2 Å². The maximum absolute atomic E-state index is 13.1. The molecule has 0 spiro atoms. The zero-order valence-corrected chi connectivity index (χ0v) is 18.8. The molecular formula is C22H28N8O3. The molecule has 0 radical (unpaired) electrons. The summed E-state index contributed by atoms with van der Waals surface area (Å²) in [6.45, 7) is 5.08. The summed E-state index contributed by atoms with van der Waals surface area (Å²) in [4.78, 5) is 49.8. The van der Waals surface area contributed by atoms with E-state index >= 15 is 0 Å². The van der Waals surface area contributed by atoms with Gasteiger partial charge in [0.05, 0.1) is 16.9 Å². The second kappa shape index (κ2) is 8.38. The van der Waals surface area contributed by atoms with Crippen LogP contribution in [0.1, 0.15) is 32.2 Å². The van der Waals surface area contributed by atoms with Crippen molar-refractivity contribution >= 4 is 45.6 Å². The maximum atomic E-state index is 13.1. The van der Waals surface area contributed by atoms with Crippen molar-refractivity contribution in [3.8, 4) is 0 Å². The van der Waals surface area contributed by atoms with Crippen LogP contribution in [0.25, 0.3) is 21.9 Å². The van der Waals surface area contributed by atoms with Gasteiger partial charge in [-0.3, -0.25) is 19.4 Å². The number of anilines is 1. The molecule has 174 valence electrons. The summed E-state index contributed by atoms with van der Waals surface area (Å²) < 4.78 is 2.01. The van der Waals surface area contributed by atoms with Gasteiger partial charge < -0.3 is 20.4 Å². The van der Waals surface area contributed by atoms with Crippen molar-refractivity contribution in [3.05, 3.63) is 18.5 Å². The van der Waals surface area contributed by atoms with E-state index in [-0.39, 0.29) is 18.0 Å². The number of nitrogens with one attached hydrogen (secondary N) is 3. The van der Waals surface area contributed by atoms with E-state index in [1.807, 2.05) is 20.5 Å². The molecule has 3 N–H and O–H groups in total. The van der Waals surface area contributed by atoms with Crippen LogP contribution in [0, 0.1) is 5.92 Å². The molecular weight excluding hydrogens is 424 g/mol. The van der Waals surface area contributed by atoms with Gasteiger partial charge in [-0.05, 0) is 31.2 Å². The molecule has 2 aliphatic rings. The molecule has 3 aromatic heterocycles. The van der Waals surface area contributed by atoms with Crippen molar-refractivity contribution in [3.63, 3.8) is 0 Å². The lowest BCUT2D eigenvalue weighted by molar-refractivity contribution is -0.135. The largest absolute Gasteiger partial charge is 0.351 e. The fourth-order valence-electron chi connectivity index (χ4n) is 4.92. The van der Waals surface area contributed by atoms with Crippen molar-refractivity contribution in [2.24, 2.45) is 5.92 Å². The summed E-state index contributed by atoms with van der Waals surface area (Å²) in [5, 5.41) is 9.83. The maximum Gasteiger partial charge on any atom is 0.320 e. The number of carbonyl (C=O) groups is 3. The average molecular weight is 453 g/mol. The van der Waals surface area contributed by atoms with E-state index < -0.39 is 11.8 Å². The lowest BCUT2D eigenvalue weighted by atomic mass is 9.93. The number of fused-ring (bicyclic) bond motifs is 3. The van der Waals surface area contributed by atoms with Gasteiger partial charge in [-0.2, -0.15) is 0 Å². The predicted octanol–water partition coefficient (Wildman–Crippen LogP) is 1.70. The van der Waals surface area contributed by atoms with Gasteiger partial charge in [0.1, 0.15) is 5.82 Å². The molecule has 4 amide bonds. The van der Waals surface area contributed by atoms with E-state index in [1.54, 1.807) is 12.4 Å². The van der Waals surface area contributed by atoms with Crippen LogP contribution in [0.5, 0.6) is 0 Å². The van der Waals surface area contributed by atoms with E-state index in [0.717, 1.165) is 49.8 Å². The van der Waals surface area contributed by atoms with E-state index in [2.05, 4.69) is 32.6 Å². The fraction of sp³-hybridized carbons (Fsp3) is 0.500. The predicted molar refractivity (Wildman–Crippen MR) is 123 cm³/mol. The molecule has 2 atom stereocenters. The van der Waals surface area contributed by atoms with Crippen molar-refractivity contribution in [1.82, 2.24) is 34.9 Å². The molecule has 5 heterocycles. The first-order valence-electron chi connectivity index (χ1n) is 11.4. The molecule has 2 aliphatic heterocycles. The Morgan fingerprint density at radius 3 is 2.61 bits per heavy atom. The standard InChI is InChI=1S/C22H28N8O3/c1-13-6-10-29(22(33)28-8-3-4-9-28)12-16(13)30-17-14-5-7-24-18(14)25-11-15(17)19(27-30)26-21(32)20(31)23-2/h5,7,11,13,16,27H,3-4,6,8-10,12H2,1-2H3,(H,23,31)(H,26,32)/t13-,16+/m0/s1. The van der Waals surface area contributed by atoms with Crippen LogP contribution in [0.2, 0.25) is 0 Å². The van der Waals surface area contributed by atoms with Crippen molar-refractivity contribution < 1.29 is 14.4 Å². The molecule has 2 saturated heterocycles. The summed E-state index contributed by atoms with van der Waals surface area (Å²) >= 11 is 0. The number of H-pyrrole nitrogens is 1. The van der Waals surface area contributed by atoms with E-state index in [9.17, 15) is 14.4 Å². The number of pyridine rings is 1. The van der Waals surface area contributed by atoms with Gasteiger partial charge in [0, 0.05) is 51.0 Å². The molecule has 5 rings (SSSR count). The number of hydrogen-bond acceptors (Lipinski definition) is 5. The van der Waals surface area contributed by atoms with Gasteiger partial charge in [0.2, 0.25) is 0 Å². The Morgan fingerprint density at radius 1 is 1.06 bits per heavy atom. The van der Waals surface area contributed by atoms with E-state index in [4.69, 9.17) is 0 Å². The van der Waals surface area contributed by atoms with Crippen LogP contribution in [0.4, 0.5) is 10.6 Å². The number of likely N-dealkylation sites (N-methyl/N-ethyl adjacent to an activating group) is 1. The first-order chi connectivity index (χ1) is 16.0. The topological polar surface area (TPSA) is 128 Å². The molecule has 0 bridgehead atoms. The minimum atomic E-state index is -0.768. The number of piperidine rings is 1. The highest BCUT2D eigenvalue weighted by Gasteiger charge is 2.34. The normalized spacial score (nSPS) is 21.0. The van der Waals surface area contributed by atoms with Crippen molar-refractivity contribution in [1.29, 1.82) is 0 Å². The first kappa shape index (κ1) is 21.2. The lowest BCUT2D eigenvalue weighted by Crippen LogP contribution is -2.49. The molecule has 3 aromatic rings. The Morgan fingerprint density at radius 2 is 1.85 bits per heavy atom. The second-order valence-electron chi connectivity index (χ2n) is 8.85. The minimum absolute atomic E-state index is 0.0426. The third-order valence-corrected chi connectivity index (χ3v) is 6.82. The Hall–Kier alpha value is -3.63. The van der Waals surface area contributed by atoms with Crippen LogP contribution in [-0.2, 0) is 9.59 Å². The Kier molecular flexibility index (Phi) is 5.39. The van der Waals surface area contributed by atoms with Crippen molar-refractivity contribution in [2.75, 3.05) is 38.5 Å². The number of nitrogens with zero attached hydrogens (tertiary/aromatic N) is 5. The van der Waals surface area contributed by atoms with Crippen LogP contribution < -0.4 is 10.6 Å². The number of amides is 4. The third kappa shape index (κ3) is 3.66. The Bertz CT molecular complexity index is 1230. The second-order valence-corrected chi connectivity index (χ2v) is 8.85. The molecule has 33 heavy (non-hydrogen) atoms. The van der Waals surface area contributed by atoms with E-state index in [0.29, 0.717) is 23.4 Å².